The van der Waals surface area contributed by atoms with Crippen LogP contribution in [0.25, 0.3) is 0 Å². The molecular formula is C14H23NOS. The van der Waals surface area contributed by atoms with E-state index in [1.54, 1.807) is 0 Å². The number of ether oxygens (including phenoxy) is 1. The second-order valence-corrected chi connectivity index (χ2v) is 5.18. The number of benzene rings is 1. The third-order valence-electron chi connectivity index (χ3n) is 2.51. The molecule has 0 aliphatic rings. The molecule has 17 heavy (non-hydrogen) atoms. The molecule has 1 aromatic carbocycles. The van der Waals surface area contributed by atoms with E-state index >= 15 is 0 Å². The molecule has 0 aliphatic carbocycles. The van der Waals surface area contributed by atoms with E-state index in [2.05, 4.69) is 30.6 Å². The number of hydrogen-bond acceptors (Lipinski definition) is 3. The average molecular weight is 253 g/mol. The van der Waals surface area contributed by atoms with Crippen molar-refractivity contribution in [1.29, 1.82) is 0 Å². The number of rotatable bonds is 8. The lowest BCUT2D eigenvalue weighted by atomic mass is 10.2. The second-order valence-electron chi connectivity index (χ2n) is 4.27. The van der Waals surface area contributed by atoms with Crippen LogP contribution in [-0.2, 0) is 6.54 Å². The van der Waals surface area contributed by atoms with Gasteiger partial charge in [0, 0.05) is 6.54 Å². The van der Waals surface area contributed by atoms with Crippen molar-refractivity contribution in [3.8, 4) is 5.75 Å². The summed E-state index contributed by atoms with van der Waals surface area (Å²) in [6, 6.07) is 8.31. The minimum Gasteiger partial charge on any atom is -0.494 e. The third kappa shape index (κ3) is 5.99. The van der Waals surface area contributed by atoms with Crippen LogP contribution < -0.4 is 10.1 Å². The van der Waals surface area contributed by atoms with Gasteiger partial charge in [-0.15, -0.1) is 0 Å². The highest BCUT2D eigenvalue weighted by Crippen LogP contribution is 2.12. The van der Waals surface area contributed by atoms with Crippen molar-refractivity contribution < 1.29 is 4.74 Å². The molecule has 0 amide bonds. The maximum absolute atomic E-state index is 5.41. The maximum Gasteiger partial charge on any atom is 0.119 e. The Hall–Kier alpha value is -0.670. The first-order valence-corrected chi connectivity index (χ1v) is 7.57. The molecule has 1 rings (SSSR count). The molecule has 0 saturated heterocycles. The molecular weight excluding hydrogens is 230 g/mol. The standard InChI is InChI=1S/C14H23NOS/c1-4-16-14-7-5-13(6-8-14)10-15-9-12(2)11-17-3/h5-8,12,15H,4,9-11H2,1-3H3. The van der Waals surface area contributed by atoms with Gasteiger partial charge in [-0.3, -0.25) is 0 Å². The molecule has 1 unspecified atom stereocenters. The Morgan fingerprint density at radius 2 is 2.00 bits per heavy atom. The van der Waals surface area contributed by atoms with Gasteiger partial charge in [0.2, 0.25) is 0 Å². The molecule has 2 nitrogen and oxygen atoms in total. The van der Waals surface area contributed by atoms with Crippen LogP contribution in [0.15, 0.2) is 24.3 Å². The smallest absolute Gasteiger partial charge is 0.119 e. The van der Waals surface area contributed by atoms with Gasteiger partial charge in [0.15, 0.2) is 0 Å². The van der Waals surface area contributed by atoms with Crippen molar-refractivity contribution in [2.45, 2.75) is 20.4 Å². The van der Waals surface area contributed by atoms with Crippen LogP contribution in [0.1, 0.15) is 19.4 Å². The van der Waals surface area contributed by atoms with Gasteiger partial charge in [-0.05, 0) is 49.1 Å². The fourth-order valence-corrected chi connectivity index (χ4v) is 2.36. The van der Waals surface area contributed by atoms with E-state index in [1.165, 1.54) is 11.3 Å². The van der Waals surface area contributed by atoms with Crippen molar-refractivity contribution >= 4 is 11.8 Å². The number of nitrogens with one attached hydrogen (secondary N) is 1. The SMILES string of the molecule is CCOc1ccc(CNCC(C)CSC)cc1. The minimum absolute atomic E-state index is 0.726. The molecule has 1 atom stereocenters. The van der Waals surface area contributed by atoms with Gasteiger partial charge in [0.05, 0.1) is 6.61 Å². The van der Waals surface area contributed by atoms with Crippen molar-refractivity contribution in [2.24, 2.45) is 5.92 Å². The van der Waals surface area contributed by atoms with E-state index in [1.807, 2.05) is 30.8 Å². The first-order valence-electron chi connectivity index (χ1n) is 6.17. The normalized spacial score (nSPS) is 12.4. The molecule has 0 spiro atoms. The fraction of sp³-hybridized carbons (Fsp3) is 0.571. The number of hydrogen-bond donors (Lipinski definition) is 1. The molecule has 0 bridgehead atoms. The summed E-state index contributed by atoms with van der Waals surface area (Å²) in [5.74, 6) is 2.90. The van der Waals surface area contributed by atoms with Crippen molar-refractivity contribution in [3.63, 3.8) is 0 Å². The quantitative estimate of drug-likeness (QED) is 0.769. The maximum atomic E-state index is 5.41. The first-order chi connectivity index (χ1) is 8.26. The molecule has 1 N–H and O–H groups in total. The topological polar surface area (TPSA) is 21.3 Å². The van der Waals surface area contributed by atoms with E-state index < -0.39 is 0 Å². The molecule has 0 saturated carbocycles. The molecule has 1 aromatic rings. The van der Waals surface area contributed by atoms with Gasteiger partial charge in [-0.2, -0.15) is 11.8 Å². The van der Waals surface area contributed by atoms with E-state index in [-0.39, 0.29) is 0 Å². The second kappa shape index (κ2) is 8.43. The highest BCUT2D eigenvalue weighted by Gasteiger charge is 2.00. The zero-order chi connectivity index (χ0) is 12.5. The lowest BCUT2D eigenvalue weighted by Gasteiger charge is -2.11. The monoisotopic (exact) mass is 253 g/mol. The summed E-state index contributed by atoms with van der Waals surface area (Å²) < 4.78 is 5.41. The zero-order valence-corrected chi connectivity index (χ0v) is 11.8. The summed E-state index contributed by atoms with van der Waals surface area (Å²) in [6.07, 6.45) is 2.16. The third-order valence-corrected chi connectivity index (χ3v) is 3.41. The lowest BCUT2D eigenvalue weighted by Crippen LogP contribution is -2.21. The summed E-state index contributed by atoms with van der Waals surface area (Å²) in [5, 5.41) is 3.48. The van der Waals surface area contributed by atoms with Gasteiger partial charge >= 0.3 is 0 Å². The first kappa shape index (κ1) is 14.4. The van der Waals surface area contributed by atoms with Crippen LogP contribution in [0, 0.1) is 5.92 Å². The molecule has 0 fully saturated rings. The minimum atomic E-state index is 0.726. The van der Waals surface area contributed by atoms with Crippen LogP contribution in [0.3, 0.4) is 0 Å². The lowest BCUT2D eigenvalue weighted by molar-refractivity contribution is 0.340. The summed E-state index contributed by atoms with van der Waals surface area (Å²) in [5.41, 5.74) is 1.31. The van der Waals surface area contributed by atoms with Crippen LogP contribution in [0.5, 0.6) is 5.75 Å². The summed E-state index contributed by atoms with van der Waals surface area (Å²) in [7, 11) is 0. The fourth-order valence-electron chi connectivity index (χ4n) is 1.68. The summed E-state index contributed by atoms with van der Waals surface area (Å²) in [4.78, 5) is 0. The van der Waals surface area contributed by atoms with Crippen molar-refractivity contribution in [3.05, 3.63) is 29.8 Å². The van der Waals surface area contributed by atoms with Gasteiger partial charge in [-0.25, -0.2) is 0 Å². The number of thioether (sulfide) groups is 1. The Morgan fingerprint density at radius 3 is 2.59 bits per heavy atom. The largest absolute Gasteiger partial charge is 0.494 e. The Kier molecular flexibility index (Phi) is 7.13. The highest BCUT2D eigenvalue weighted by molar-refractivity contribution is 7.98. The van der Waals surface area contributed by atoms with Gasteiger partial charge in [-0.1, -0.05) is 19.1 Å². The molecule has 3 heteroatoms. The van der Waals surface area contributed by atoms with Crippen LogP contribution >= 0.6 is 11.8 Å². The summed E-state index contributed by atoms with van der Waals surface area (Å²) >= 11 is 1.91. The average Bonchev–Trinajstić information content (AvgIpc) is 2.32. The van der Waals surface area contributed by atoms with E-state index in [0.717, 1.165) is 31.4 Å². The molecule has 0 aromatic heterocycles. The van der Waals surface area contributed by atoms with Crippen LogP contribution in [0.4, 0.5) is 0 Å². The van der Waals surface area contributed by atoms with Crippen molar-refractivity contribution in [2.75, 3.05) is 25.2 Å². The van der Waals surface area contributed by atoms with Crippen LogP contribution in [-0.4, -0.2) is 25.2 Å². The van der Waals surface area contributed by atoms with E-state index in [0.29, 0.717) is 0 Å². The van der Waals surface area contributed by atoms with E-state index in [9.17, 15) is 0 Å². The highest BCUT2D eigenvalue weighted by atomic mass is 32.2. The summed E-state index contributed by atoms with van der Waals surface area (Å²) in [6.45, 7) is 7.02. The zero-order valence-electron chi connectivity index (χ0n) is 11.0. The Morgan fingerprint density at radius 1 is 1.29 bits per heavy atom. The molecule has 0 heterocycles. The van der Waals surface area contributed by atoms with Gasteiger partial charge < -0.3 is 10.1 Å². The predicted molar refractivity (Wildman–Crippen MR) is 76.9 cm³/mol. The predicted octanol–water partition coefficient (Wildman–Crippen LogP) is 3.17. The van der Waals surface area contributed by atoms with Crippen molar-refractivity contribution in [1.82, 2.24) is 5.32 Å². The van der Waals surface area contributed by atoms with E-state index in [4.69, 9.17) is 4.74 Å². The van der Waals surface area contributed by atoms with Gasteiger partial charge in [0.1, 0.15) is 5.75 Å². The molecule has 0 radical (unpaired) electrons. The Labute approximate surface area is 109 Å². The molecule has 0 aliphatic heterocycles. The molecule has 96 valence electrons. The van der Waals surface area contributed by atoms with Gasteiger partial charge in [0.25, 0.3) is 0 Å². The Balaban J connectivity index is 2.27. The Bertz CT molecular complexity index is 300. The van der Waals surface area contributed by atoms with Crippen LogP contribution in [0.2, 0.25) is 0 Å².